The standard InChI is InChI=1S/C11H17N3O4S/c1-11(2,14-19(3,17)18)7-13-8-4-5-12-9(6-8)10(15)16/h4-6,14H,7H2,1-3H3,(H,12,13)(H,15,16). The maximum absolute atomic E-state index is 11.2. The number of carbonyl (C=O) groups is 1. The summed E-state index contributed by atoms with van der Waals surface area (Å²) >= 11 is 0. The summed E-state index contributed by atoms with van der Waals surface area (Å²) in [5.74, 6) is -1.11. The highest BCUT2D eigenvalue weighted by molar-refractivity contribution is 7.88. The largest absolute Gasteiger partial charge is 0.477 e. The Balaban J connectivity index is 2.71. The molecule has 0 saturated heterocycles. The maximum Gasteiger partial charge on any atom is 0.354 e. The number of nitrogens with one attached hydrogen (secondary N) is 2. The number of pyridine rings is 1. The average molecular weight is 287 g/mol. The molecular formula is C11H17N3O4S. The van der Waals surface area contributed by atoms with Gasteiger partial charge in [0, 0.05) is 24.0 Å². The summed E-state index contributed by atoms with van der Waals surface area (Å²) in [7, 11) is -3.30. The van der Waals surface area contributed by atoms with Gasteiger partial charge in [-0.15, -0.1) is 0 Å². The average Bonchev–Trinajstić information content (AvgIpc) is 2.24. The number of nitrogens with zero attached hydrogens (tertiary/aromatic N) is 1. The predicted molar refractivity (Wildman–Crippen MR) is 71.7 cm³/mol. The molecule has 7 nitrogen and oxygen atoms in total. The van der Waals surface area contributed by atoms with Gasteiger partial charge in [-0.3, -0.25) is 0 Å². The third-order valence-corrected chi connectivity index (χ3v) is 3.10. The molecule has 0 spiro atoms. The van der Waals surface area contributed by atoms with Crippen LogP contribution in [0.4, 0.5) is 5.69 Å². The van der Waals surface area contributed by atoms with Crippen molar-refractivity contribution < 1.29 is 18.3 Å². The van der Waals surface area contributed by atoms with Crippen LogP contribution in [0.3, 0.4) is 0 Å². The van der Waals surface area contributed by atoms with Crippen molar-refractivity contribution in [1.82, 2.24) is 9.71 Å². The molecule has 0 aromatic carbocycles. The van der Waals surface area contributed by atoms with Gasteiger partial charge in [0.05, 0.1) is 6.26 Å². The highest BCUT2D eigenvalue weighted by Gasteiger charge is 2.21. The van der Waals surface area contributed by atoms with Crippen molar-refractivity contribution >= 4 is 21.7 Å². The second kappa shape index (κ2) is 5.54. The van der Waals surface area contributed by atoms with E-state index in [1.54, 1.807) is 19.9 Å². The van der Waals surface area contributed by atoms with Crippen molar-refractivity contribution in [1.29, 1.82) is 0 Å². The van der Waals surface area contributed by atoms with Crippen LogP contribution < -0.4 is 10.0 Å². The number of anilines is 1. The van der Waals surface area contributed by atoms with E-state index in [0.717, 1.165) is 6.26 Å². The Labute approximate surface area is 112 Å². The number of aromatic nitrogens is 1. The van der Waals surface area contributed by atoms with E-state index < -0.39 is 21.5 Å². The van der Waals surface area contributed by atoms with Gasteiger partial charge in [0.15, 0.2) is 0 Å². The lowest BCUT2D eigenvalue weighted by Gasteiger charge is -2.25. The van der Waals surface area contributed by atoms with E-state index in [1.165, 1.54) is 12.3 Å². The lowest BCUT2D eigenvalue weighted by Crippen LogP contribution is -2.47. The molecule has 0 aliphatic carbocycles. The molecule has 0 amide bonds. The molecule has 106 valence electrons. The first kappa shape index (κ1) is 15.4. The van der Waals surface area contributed by atoms with Gasteiger partial charge in [0.2, 0.25) is 10.0 Å². The molecule has 0 saturated carbocycles. The minimum absolute atomic E-state index is 0.0705. The molecule has 0 atom stereocenters. The first-order chi connectivity index (χ1) is 8.59. The fourth-order valence-corrected chi connectivity index (χ4v) is 2.59. The van der Waals surface area contributed by atoms with Crippen molar-refractivity contribution in [2.24, 2.45) is 0 Å². The van der Waals surface area contributed by atoms with Gasteiger partial charge >= 0.3 is 5.97 Å². The molecule has 0 aliphatic rings. The summed E-state index contributed by atoms with van der Waals surface area (Å²) in [6, 6.07) is 3.00. The van der Waals surface area contributed by atoms with Crippen molar-refractivity contribution in [3.05, 3.63) is 24.0 Å². The number of hydrogen-bond acceptors (Lipinski definition) is 5. The molecule has 0 bridgehead atoms. The Hall–Kier alpha value is -1.67. The van der Waals surface area contributed by atoms with E-state index in [2.05, 4.69) is 15.0 Å². The van der Waals surface area contributed by atoms with Crippen LogP contribution in [0.2, 0.25) is 0 Å². The van der Waals surface area contributed by atoms with Crippen molar-refractivity contribution in [3.8, 4) is 0 Å². The molecule has 8 heteroatoms. The summed E-state index contributed by atoms with van der Waals surface area (Å²) in [5, 5.41) is 11.8. The van der Waals surface area contributed by atoms with Crippen LogP contribution in [0.25, 0.3) is 0 Å². The zero-order valence-corrected chi connectivity index (χ0v) is 11.8. The molecule has 1 aromatic heterocycles. The summed E-state index contributed by atoms with van der Waals surface area (Å²) in [6.45, 7) is 3.75. The first-order valence-electron chi connectivity index (χ1n) is 5.51. The smallest absolute Gasteiger partial charge is 0.354 e. The lowest BCUT2D eigenvalue weighted by atomic mass is 10.1. The Kier molecular flexibility index (Phi) is 4.48. The summed E-state index contributed by atoms with van der Waals surface area (Å²) < 4.78 is 24.8. The SMILES string of the molecule is CC(C)(CNc1ccnc(C(=O)O)c1)NS(C)(=O)=O. The molecule has 3 N–H and O–H groups in total. The van der Waals surface area contributed by atoms with E-state index in [4.69, 9.17) is 5.11 Å². The Bertz CT molecular complexity index is 569. The maximum atomic E-state index is 11.2. The van der Waals surface area contributed by atoms with Gasteiger partial charge in [0.25, 0.3) is 0 Å². The minimum Gasteiger partial charge on any atom is -0.477 e. The zero-order valence-electron chi connectivity index (χ0n) is 11.0. The van der Waals surface area contributed by atoms with E-state index in [-0.39, 0.29) is 5.69 Å². The van der Waals surface area contributed by atoms with E-state index in [1.807, 2.05) is 0 Å². The monoisotopic (exact) mass is 287 g/mol. The summed E-state index contributed by atoms with van der Waals surface area (Å²) in [6.07, 6.45) is 2.46. The Morgan fingerprint density at radius 1 is 1.47 bits per heavy atom. The number of sulfonamides is 1. The fraction of sp³-hybridized carbons (Fsp3) is 0.455. The van der Waals surface area contributed by atoms with Crippen LogP contribution in [0, 0.1) is 0 Å². The fourth-order valence-electron chi connectivity index (χ4n) is 1.52. The Morgan fingerprint density at radius 2 is 2.11 bits per heavy atom. The zero-order chi connectivity index (χ0) is 14.7. The second-order valence-corrected chi connectivity index (χ2v) is 6.60. The molecule has 1 heterocycles. The molecule has 0 aliphatic heterocycles. The Morgan fingerprint density at radius 3 is 2.63 bits per heavy atom. The summed E-state index contributed by atoms with van der Waals surface area (Å²) in [5.41, 5.74) is -0.199. The number of carboxylic acid groups (broad SMARTS) is 1. The normalized spacial score (nSPS) is 12.2. The molecule has 0 unspecified atom stereocenters. The first-order valence-corrected chi connectivity index (χ1v) is 7.40. The van der Waals surface area contributed by atoms with E-state index in [9.17, 15) is 13.2 Å². The van der Waals surface area contributed by atoms with Crippen LogP contribution >= 0.6 is 0 Å². The molecule has 1 aromatic rings. The topological polar surface area (TPSA) is 108 Å². The third-order valence-electron chi connectivity index (χ3n) is 2.18. The highest BCUT2D eigenvalue weighted by Crippen LogP contribution is 2.11. The van der Waals surface area contributed by atoms with Crippen LogP contribution in [0.15, 0.2) is 18.3 Å². The number of carboxylic acids is 1. The van der Waals surface area contributed by atoms with Crippen LogP contribution in [-0.2, 0) is 10.0 Å². The molecule has 1 rings (SSSR count). The molecule has 0 fully saturated rings. The van der Waals surface area contributed by atoms with Gasteiger partial charge in [-0.25, -0.2) is 22.9 Å². The van der Waals surface area contributed by atoms with Crippen LogP contribution in [0.1, 0.15) is 24.3 Å². The van der Waals surface area contributed by atoms with Crippen molar-refractivity contribution in [2.45, 2.75) is 19.4 Å². The number of hydrogen-bond donors (Lipinski definition) is 3. The van der Waals surface area contributed by atoms with Gasteiger partial charge in [-0.2, -0.15) is 0 Å². The van der Waals surface area contributed by atoms with Gasteiger partial charge in [0.1, 0.15) is 5.69 Å². The van der Waals surface area contributed by atoms with E-state index in [0.29, 0.717) is 12.2 Å². The molecular weight excluding hydrogens is 270 g/mol. The van der Waals surface area contributed by atoms with Crippen molar-refractivity contribution in [3.63, 3.8) is 0 Å². The quantitative estimate of drug-likeness (QED) is 0.704. The highest BCUT2D eigenvalue weighted by atomic mass is 32.2. The van der Waals surface area contributed by atoms with Crippen molar-refractivity contribution in [2.75, 3.05) is 18.1 Å². The van der Waals surface area contributed by atoms with Crippen LogP contribution in [0.5, 0.6) is 0 Å². The molecule has 0 radical (unpaired) electrons. The third kappa shape index (κ3) is 5.66. The van der Waals surface area contributed by atoms with E-state index >= 15 is 0 Å². The minimum atomic E-state index is -3.30. The number of aromatic carboxylic acids is 1. The van der Waals surface area contributed by atoms with Gasteiger partial charge < -0.3 is 10.4 Å². The summed E-state index contributed by atoms with van der Waals surface area (Å²) in [4.78, 5) is 14.5. The predicted octanol–water partition coefficient (Wildman–Crippen LogP) is 0.519. The van der Waals surface area contributed by atoms with Gasteiger partial charge in [-0.05, 0) is 26.0 Å². The van der Waals surface area contributed by atoms with Crippen LogP contribution in [-0.4, -0.2) is 42.8 Å². The second-order valence-electron chi connectivity index (χ2n) is 4.85. The number of rotatable bonds is 6. The lowest BCUT2D eigenvalue weighted by molar-refractivity contribution is 0.0690. The molecule has 19 heavy (non-hydrogen) atoms. The van der Waals surface area contributed by atoms with Gasteiger partial charge in [-0.1, -0.05) is 0 Å².